The molecule has 0 heterocycles. The minimum Gasteiger partial charge on any atom is -0.504 e. The van der Waals surface area contributed by atoms with Crippen LogP contribution in [0.1, 0.15) is 0 Å². The third-order valence-corrected chi connectivity index (χ3v) is 2.41. The lowest BCUT2D eigenvalue weighted by atomic mass is 10.0. The van der Waals surface area contributed by atoms with Crippen molar-refractivity contribution in [2.24, 2.45) is 5.90 Å². The summed E-state index contributed by atoms with van der Waals surface area (Å²) in [7, 11) is 0. The maximum Gasteiger partial charge on any atom is 0.188 e. The number of carbonyl (C=O) groups is 1. The molecule has 21 heavy (non-hydrogen) atoms. The van der Waals surface area contributed by atoms with E-state index in [1.54, 1.807) is 18.2 Å². The van der Waals surface area contributed by atoms with Crippen LogP contribution in [0.2, 0.25) is 0 Å². The Balaban J connectivity index is 0.000000394. The summed E-state index contributed by atoms with van der Waals surface area (Å²) in [4.78, 5) is 14.2. The van der Waals surface area contributed by atoms with Gasteiger partial charge in [0.1, 0.15) is 24.4 Å². The highest BCUT2D eigenvalue weighted by molar-refractivity contribution is 5.56. The highest BCUT2D eigenvalue weighted by atomic mass is 16.6. The molecule has 0 fully saturated rings. The molecule has 4 atom stereocenters. The Labute approximate surface area is 120 Å². The number of aromatic hydroxyl groups is 1. The average Bonchev–Trinajstić information content (AvgIpc) is 2.52. The van der Waals surface area contributed by atoms with Crippen molar-refractivity contribution < 1.29 is 40.3 Å². The number of nitrogens with two attached hydrogens (primary N) is 1. The van der Waals surface area contributed by atoms with Crippen LogP contribution in [0, 0.1) is 0 Å². The molecule has 0 spiro atoms. The standard InChI is InChI=1S/C6H7NO2.C6H12O6/c7-9-6-4-2-1-3-5(6)8;7-1-3(9)5(11)6(12)4(10)2-8/h1-4,8H,7H2;1,3-6,8-12H,2H2/t;3-,4+,5+,6+/m.0/s1. The second-order valence-corrected chi connectivity index (χ2v) is 3.94. The Bertz CT molecular complexity index is 416. The van der Waals surface area contributed by atoms with Gasteiger partial charge in [0.2, 0.25) is 0 Å². The van der Waals surface area contributed by atoms with Gasteiger partial charge in [-0.3, -0.25) is 0 Å². The number of para-hydroxylation sites is 2. The molecule has 1 aromatic rings. The van der Waals surface area contributed by atoms with Crippen molar-refractivity contribution in [3.05, 3.63) is 24.3 Å². The monoisotopic (exact) mass is 305 g/mol. The van der Waals surface area contributed by atoms with E-state index in [1.807, 2.05) is 0 Å². The molecule has 0 aliphatic rings. The first kappa shape index (κ1) is 19.2. The third-order valence-electron chi connectivity index (χ3n) is 2.41. The number of aliphatic hydroxyl groups is 5. The molecule has 0 amide bonds. The van der Waals surface area contributed by atoms with Crippen LogP contribution in [0.5, 0.6) is 11.5 Å². The van der Waals surface area contributed by atoms with Gasteiger partial charge in [-0.25, -0.2) is 0 Å². The molecule has 0 unspecified atom stereocenters. The molecule has 0 aliphatic carbocycles. The Morgan fingerprint density at radius 1 is 1.14 bits per heavy atom. The number of hydrogen-bond acceptors (Lipinski definition) is 9. The van der Waals surface area contributed by atoms with Crippen LogP contribution in [0.3, 0.4) is 0 Å². The van der Waals surface area contributed by atoms with E-state index < -0.39 is 31.0 Å². The van der Waals surface area contributed by atoms with Gasteiger partial charge in [0.15, 0.2) is 17.8 Å². The number of phenols is 1. The number of rotatable bonds is 6. The average molecular weight is 305 g/mol. The first-order chi connectivity index (χ1) is 9.88. The molecule has 8 N–H and O–H groups in total. The summed E-state index contributed by atoms with van der Waals surface area (Å²) >= 11 is 0. The fourth-order valence-electron chi connectivity index (χ4n) is 1.17. The molecule has 0 bridgehead atoms. The number of carbonyl (C=O) groups excluding carboxylic acids is 1. The molecule has 1 aromatic carbocycles. The highest BCUT2D eigenvalue weighted by Gasteiger charge is 2.29. The fourth-order valence-corrected chi connectivity index (χ4v) is 1.17. The van der Waals surface area contributed by atoms with Crippen molar-refractivity contribution in [1.29, 1.82) is 0 Å². The van der Waals surface area contributed by atoms with Gasteiger partial charge in [-0.1, -0.05) is 12.1 Å². The van der Waals surface area contributed by atoms with E-state index in [0.29, 0.717) is 0 Å². The Hall–Kier alpha value is -1.75. The summed E-state index contributed by atoms with van der Waals surface area (Å²) in [5.74, 6) is 5.14. The molecule has 1 rings (SSSR count). The maximum absolute atomic E-state index is 9.90. The van der Waals surface area contributed by atoms with E-state index in [9.17, 15) is 4.79 Å². The third kappa shape index (κ3) is 6.49. The Morgan fingerprint density at radius 3 is 2.10 bits per heavy atom. The smallest absolute Gasteiger partial charge is 0.188 e. The minimum atomic E-state index is -1.79. The lowest BCUT2D eigenvalue weighted by Crippen LogP contribution is -2.46. The molecule has 9 nitrogen and oxygen atoms in total. The van der Waals surface area contributed by atoms with Crippen molar-refractivity contribution in [1.82, 2.24) is 0 Å². The molecule has 0 aliphatic heterocycles. The number of aldehydes is 1. The number of phenolic OH excluding ortho intramolecular Hbond substituents is 1. The maximum atomic E-state index is 9.90. The Kier molecular flexibility index (Phi) is 9.21. The van der Waals surface area contributed by atoms with Crippen molar-refractivity contribution >= 4 is 6.29 Å². The number of benzene rings is 1. The normalized spacial score (nSPS) is 15.9. The van der Waals surface area contributed by atoms with Crippen LogP contribution in [0.4, 0.5) is 0 Å². The van der Waals surface area contributed by atoms with Gasteiger partial charge in [0.05, 0.1) is 6.61 Å². The first-order valence-electron chi connectivity index (χ1n) is 5.82. The van der Waals surface area contributed by atoms with Gasteiger partial charge in [-0.15, -0.1) is 0 Å². The Morgan fingerprint density at radius 2 is 1.71 bits per heavy atom. The molecule has 120 valence electrons. The largest absolute Gasteiger partial charge is 0.504 e. The van der Waals surface area contributed by atoms with Crippen molar-refractivity contribution in [3.8, 4) is 11.5 Å². The van der Waals surface area contributed by atoms with Gasteiger partial charge in [0.25, 0.3) is 0 Å². The van der Waals surface area contributed by atoms with Gasteiger partial charge in [-0.05, 0) is 12.1 Å². The van der Waals surface area contributed by atoms with Crippen LogP contribution in [0.25, 0.3) is 0 Å². The van der Waals surface area contributed by atoms with Crippen molar-refractivity contribution in [2.45, 2.75) is 24.4 Å². The molecule has 0 saturated heterocycles. The molecule has 0 radical (unpaired) electrons. The molecule has 9 heteroatoms. The number of hydrogen-bond donors (Lipinski definition) is 7. The summed E-state index contributed by atoms with van der Waals surface area (Å²) in [6.07, 6.45) is -6.84. The fraction of sp³-hybridized carbons (Fsp3) is 0.417. The van der Waals surface area contributed by atoms with Gasteiger partial charge in [0, 0.05) is 0 Å². The van der Waals surface area contributed by atoms with Crippen LogP contribution < -0.4 is 10.7 Å². The van der Waals surface area contributed by atoms with E-state index >= 15 is 0 Å². The van der Waals surface area contributed by atoms with Crippen molar-refractivity contribution in [3.63, 3.8) is 0 Å². The van der Waals surface area contributed by atoms with E-state index in [4.69, 9.17) is 36.5 Å². The van der Waals surface area contributed by atoms with Gasteiger partial charge in [-0.2, -0.15) is 5.90 Å². The quantitative estimate of drug-likeness (QED) is 0.217. The van der Waals surface area contributed by atoms with Crippen LogP contribution in [0.15, 0.2) is 24.3 Å². The zero-order valence-electron chi connectivity index (χ0n) is 11.0. The van der Waals surface area contributed by atoms with Gasteiger partial charge >= 0.3 is 0 Å². The minimum absolute atomic E-state index is 0.0258. The molecule has 0 saturated carbocycles. The molecular weight excluding hydrogens is 286 g/mol. The van der Waals surface area contributed by atoms with Crippen LogP contribution >= 0.6 is 0 Å². The van der Waals surface area contributed by atoms with Gasteiger partial charge < -0.3 is 40.3 Å². The lowest BCUT2D eigenvalue weighted by molar-refractivity contribution is -0.136. The summed E-state index contributed by atoms with van der Waals surface area (Å²) in [5.41, 5.74) is 0. The number of aliphatic hydroxyl groups excluding tert-OH is 5. The van der Waals surface area contributed by atoms with Crippen LogP contribution in [-0.2, 0) is 4.79 Å². The topological polar surface area (TPSA) is 174 Å². The predicted octanol–water partition coefficient (Wildman–Crippen LogP) is -2.73. The zero-order chi connectivity index (χ0) is 16.4. The van der Waals surface area contributed by atoms with E-state index in [1.165, 1.54) is 6.07 Å². The highest BCUT2D eigenvalue weighted by Crippen LogP contribution is 2.22. The molecule has 0 aromatic heterocycles. The molecular formula is C12H19NO8. The SMILES string of the molecule is NOc1ccccc1O.O=C[C@H](O)[C@@H](O)[C@H](O)[C@H](O)CO. The van der Waals surface area contributed by atoms with Crippen LogP contribution in [-0.4, -0.2) is 67.9 Å². The predicted molar refractivity (Wildman–Crippen MR) is 70.1 cm³/mol. The summed E-state index contributed by atoms with van der Waals surface area (Å²) in [6, 6.07) is 6.50. The summed E-state index contributed by atoms with van der Waals surface area (Å²) < 4.78 is 0. The summed E-state index contributed by atoms with van der Waals surface area (Å²) in [5, 5.41) is 52.4. The van der Waals surface area contributed by atoms with Crippen molar-refractivity contribution in [2.75, 3.05) is 6.61 Å². The van der Waals surface area contributed by atoms with E-state index in [0.717, 1.165) is 0 Å². The second-order valence-electron chi connectivity index (χ2n) is 3.94. The second kappa shape index (κ2) is 10.0. The van der Waals surface area contributed by atoms with E-state index in [-0.39, 0.29) is 17.8 Å². The lowest BCUT2D eigenvalue weighted by Gasteiger charge is -2.22. The first-order valence-corrected chi connectivity index (χ1v) is 5.82. The zero-order valence-corrected chi connectivity index (χ0v) is 11.0. The summed E-state index contributed by atoms with van der Waals surface area (Å²) in [6.45, 7) is -0.760. The van der Waals surface area contributed by atoms with E-state index in [2.05, 4.69) is 4.84 Å².